The number of ether oxygens (including phenoxy) is 1. The lowest BCUT2D eigenvalue weighted by Crippen LogP contribution is -2.33. The Morgan fingerprint density at radius 2 is 2.20 bits per heavy atom. The Hall–Kier alpha value is -0.610. The molecular formula is C11H22N2O2. The molecule has 1 saturated heterocycles. The van der Waals surface area contributed by atoms with Crippen LogP contribution in [0.4, 0.5) is 0 Å². The molecule has 15 heavy (non-hydrogen) atoms. The highest BCUT2D eigenvalue weighted by atomic mass is 16.5. The molecule has 1 rings (SSSR count). The van der Waals surface area contributed by atoms with Gasteiger partial charge in [-0.15, -0.1) is 0 Å². The molecule has 0 amide bonds. The molecule has 1 heterocycles. The number of carbonyl (C=O) groups is 1. The van der Waals surface area contributed by atoms with Gasteiger partial charge in [-0.25, -0.2) is 0 Å². The summed E-state index contributed by atoms with van der Waals surface area (Å²) in [5.74, 6) is 0.396. The smallest absolute Gasteiger partial charge is 0.320 e. The van der Waals surface area contributed by atoms with Crippen molar-refractivity contribution < 1.29 is 9.53 Å². The van der Waals surface area contributed by atoms with Gasteiger partial charge in [0, 0.05) is 12.6 Å². The van der Waals surface area contributed by atoms with Crippen LogP contribution in [0.25, 0.3) is 0 Å². The Balaban J connectivity index is 2.27. The van der Waals surface area contributed by atoms with Crippen molar-refractivity contribution in [1.29, 1.82) is 0 Å². The van der Waals surface area contributed by atoms with Crippen LogP contribution in [-0.2, 0) is 9.53 Å². The fourth-order valence-corrected chi connectivity index (χ4v) is 1.92. The molecule has 4 nitrogen and oxygen atoms in total. The topological polar surface area (TPSA) is 55.6 Å². The second kappa shape index (κ2) is 5.47. The quantitative estimate of drug-likeness (QED) is 0.697. The van der Waals surface area contributed by atoms with E-state index in [1.807, 2.05) is 20.8 Å². The second-order valence-electron chi connectivity index (χ2n) is 4.68. The van der Waals surface area contributed by atoms with Crippen molar-refractivity contribution in [3.63, 3.8) is 0 Å². The molecule has 2 unspecified atom stereocenters. The van der Waals surface area contributed by atoms with Crippen molar-refractivity contribution >= 4 is 5.97 Å². The molecule has 1 aliphatic heterocycles. The zero-order valence-electron chi connectivity index (χ0n) is 9.90. The first-order valence-corrected chi connectivity index (χ1v) is 5.66. The molecule has 0 aromatic heterocycles. The van der Waals surface area contributed by atoms with Gasteiger partial charge in [0.2, 0.25) is 0 Å². The lowest BCUT2D eigenvalue weighted by molar-refractivity contribution is -0.148. The van der Waals surface area contributed by atoms with E-state index < -0.39 is 0 Å². The van der Waals surface area contributed by atoms with E-state index in [9.17, 15) is 4.79 Å². The first-order valence-electron chi connectivity index (χ1n) is 5.66. The second-order valence-corrected chi connectivity index (χ2v) is 4.68. The molecule has 88 valence electrons. The van der Waals surface area contributed by atoms with Crippen molar-refractivity contribution in [2.24, 2.45) is 11.7 Å². The molecule has 0 aliphatic carbocycles. The minimum atomic E-state index is -0.129. The highest BCUT2D eigenvalue weighted by Gasteiger charge is 2.26. The van der Waals surface area contributed by atoms with E-state index in [-0.39, 0.29) is 18.1 Å². The van der Waals surface area contributed by atoms with Gasteiger partial charge in [-0.3, -0.25) is 9.69 Å². The molecule has 2 atom stereocenters. The Morgan fingerprint density at radius 3 is 2.67 bits per heavy atom. The van der Waals surface area contributed by atoms with Crippen LogP contribution in [0, 0.1) is 5.92 Å². The van der Waals surface area contributed by atoms with Gasteiger partial charge in [-0.1, -0.05) is 0 Å². The SMILES string of the molecule is CC(C)OC(=O)CN1CCC(C(C)N)C1. The van der Waals surface area contributed by atoms with Crippen molar-refractivity contribution in [3.05, 3.63) is 0 Å². The largest absolute Gasteiger partial charge is 0.462 e. The van der Waals surface area contributed by atoms with Crippen molar-refractivity contribution in [2.45, 2.75) is 39.3 Å². The Bertz CT molecular complexity index is 217. The molecule has 0 spiro atoms. The van der Waals surface area contributed by atoms with Gasteiger partial charge in [0.05, 0.1) is 12.6 Å². The van der Waals surface area contributed by atoms with E-state index >= 15 is 0 Å². The van der Waals surface area contributed by atoms with Gasteiger partial charge in [0.15, 0.2) is 0 Å². The van der Waals surface area contributed by atoms with Gasteiger partial charge in [0.1, 0.15) is 0 Å². The monoisotopic (exact) mass is 214 g/mol. The molecule has 0 saturated carbocycles. The van der Waals surface area contributed by atoms with Crippen LogP contribution in [-0.4, -0.2) is 42.6 Å². The van der Waals surface area contributed by atoms with Crippen LogP contribution < -0.4 is 5.73 Å². The Morgan fingerprint density at radius 1 is 1.53 bits per heavy atom. The van der Waals surface area contributed by atoms with Crippen LogP contribution in [0.3, 0.4) is 0 Å². The Labute approximate surface area is 91.8 Å². The maximum atomic E-state index is 11.4. The van der Waals surface area contributed by atoms with Gasteiger partial charge in [-0.2, -0.15) is 0 Å². The Kier molecular flexibility index (Phi) is 4.54. The number of hydrogen-bond donors (Lipinski definition) is 1. The van der Waals surface area contributed by atoms with E-state index in [1.165, 1.54) is 0 Å². The fourth-order valence-electron chi connectivity index (χ4n) is 1.92. The summed E-state index contributed by atoms with van der Waals surface area (Å²) in [5.41, 5.74) is 5.83. The van der Waals surface area contributed by atoms with E-state index in [2.05, 4.69) is 4.90 Å². The first-order chi connectivity index (χ1) is 6.99. The van der Waals surface area contributed by atoms with E-state index in [4.69, 9.17) is 10.5 Å². The van der Waals surface area contributed by atoms with E-state index in [0.29, 0.717) is 12.5 Å². The van der Waals surface area contributed by atoms with Crippen molar-refractivity contribution in [3.8, 4) is 0 Å². The number of nitrogens with zero attached hydrogens (tertiary/aromatic N) is 1. The summed E-state index contributed by atoms with van der Waals surface area (Å²) in [6.07, 6.45) is 1.07. The highest BCUT2D eigenvalue weighted by molar-refractivity contribution is 5.71. The summed E-state index contributed by atoms with van der Waals surface area (Å²) in [6.45, 7) is 8.05. The average Bonchev–Trinajstić information content (AvgIpc) is 2.50. The third-order valence-electron chi connectivity index (χ3n) is 2.77. The summed E-state index contributed by atoms with van der Waals surface area (Å²) in [4.78, 5) is 13.5. The molecule has 0 aromatic carbocycles. The summed E-state index contributed by atoms with van der Waals surface area (Å²) in [6, 6.07) is 0.219. The van der Waals surface area contributed by atoms with Crippen molar-refractivity contribution in [2.75, 3.05) is 19.6 Å². The highest BCUT2D eigenvalue weighted by Crippen LogP contribution is 2.18. The van der Waals surface area contributed by atoms with Crippen LogP contribution in [0.5, 0.6) is 0 Å². The van der Waals surface area contributed by atoms with Gasteiger partial charge in [0.25, 0.3) is 0 Å². The third-order valence-corrected chi connectivity index (χ3v) is 2.77. The van der Waals surface area contributed by atoms with Crippen LogP contribution >= 0.6 is 0 Å². The fraction of sp³-hybridized carbons (Fsp3) is 0.909. The average molecular weight is 214 g/mol. The summed E-state index contributed by atoms with van der Waals surface area (Å²) in [7, 11) is 0. The van der Waals surface area contributed by atoms with Gasteiger partial charge >= 0.3 is 5.97 Å². The molecule has 1 fully saturated rings. The number of esters is 1. The molecule has 4 heteroatoms. The third kappa shape index (κ3) is 4.18. The van der Waals surface area contributed by atoms with Crippen LogP contribution in [0.15, 0.2) is 0 Å². The maximum absolute atomic E-state index is 11.4. The first kappa shape index (κ1) is 12.5. The molecule has 0 aromatic rings. The molecule has 0 radical (unpaired) electrons. The minimum absolute atomic E-state index is 0.0238. The van der Waals surface area contributed by atoms with Gasteiger partial charge < -0.3 is 10.5 Å². The van der Waals surface area contributed by atoms with E-state index in [1.54, 1.807) is 0 Å². The van der Waals surface area contributed by atoms with E-state index in [0.717, 1.165) is 19.5 Å². The predicted molar refractivity (Wildman–Crippen MR) is 59.4 cm³/mol. The number of nitrogens with two attached hydrogens (primary N) is 1. The molecule has 1 aliphatic rings. The minimum Gasteiger partial charge on any atom is -0.462 e. The number of hydrogen-bond acceptors (Lipinski definition) is 4. The van der Waals surface area contributed by atoms with Crippen LogP contribution in [0.1, 0.15) is 27.2 Å². The number of rotatable bonds is 4. The zero-order valence-corrected chi connectivity index (χ0v) is 9.90. The maximum Gasteiger partial charge on any atom is 0.320 e. The predicted octanol–water partition coefficient (Wildman–Crippen LogP) is 0.607. The van der Waals surface area contributed by atoms with Crippen molar-refractivity contribution in [1.82, 2.24) is 4.90 Å². The molecular weight excluding hydrogens is 192 g/mol. The number of likely N-dealkylation sites (tertiary alicyclic amines) is 1. The standard InChI is InChI=1S/C11H22N2O2/c1-8(2)15-11(14)7-13-5-4-10(6-13)9(3)12/h8-10H,4-7,12H2,1-3H3. The zero-order chi connectivity index (χ0) is 11.4. The summed E-state index contributed by atoms with van der Waals surface area (Å²) in [5, 5.41) is 0. The number of carbonyl (C=O) groups excluding carboxylic acids is 1. The normalized spacial score (nSPS) is 24.5. The summed E-state index contributed by atoms with van der Waals surface area (Å²) >= 11 is 0. The lowest BCUT2D eigenvalue weighted by Gasteiger charge is -2.17. The molecule has 2 N–H and O–H groups in total. The molecule has 0 bridgehead atoms. The van der Waals surface area contributed by atoms with Crippen LogP contribution in [0.2, 0.25) is 0 Å². The lowest BCUT2D eigenvalue weighted by atomic mass is 10.0. The summed E-state index contributed by atoms with van der Waals surface area (Å²) < 4.78 is 5.10. The van der Waals surface area contributed by atoms with Gasteiger partial charge in [-0.05, 0) is 39.7 Å².